The van der Waals surface area contributed by atoms with Crippen LogP contribution in [-0.2, 0) is 17.9 Å². The molecule has 2 aromatic carbocycles. The van der Waals surface area contributed by atoms with E-state index in [1.165, 1.54) is 0 Å². The zero-order chi connectivity index (χ0) is 21.0. The zero-order valence-electron chi connectivity index (χ0n) is 18.2. The summed E-state index contributed by atoms with van der Waals surface area (Å²) >= 11 is 0. The minimum absolute atomic E-state index is 0. The van der Waals surface area contributed by atoms with Crippen LogP contribution in [0.2, 0.25) is 0 Å². The van der Waals surface area contributed by atoms with Gasteiger partial charge in [-0.05, 0) is 43.0 Å². The molecule has 2 N–H and O–H groups in total. The zero-order valence-corrected chi connectivity index (χ0v) is 20.5. The van der Waals surface area contributed by atoms with Gasteiger partial charge >= 0.3 is 0 Å². The maximum atomic E-state index is 11.7. The second-order valence-corrected chi connectivity index (χ2v) is 7.38. The molecule has 1 amide bonds. The Bertz CT molecular complexity index is 829. The van der Waals surface area contributed by atoms with Gasteiger partial charge in [0, 0.05) is 32.6 Å². The molecular weight excluding hydrogens is 503 g/mol. The molecule has 0 spiro atoms. The van der Waals surface area contributed by atoms with Crippen LogP contribution in [0.25, 0.3) is 0 Å². The Labute approximate surface area is 202 Å². The summed E-state index contributed by atoms with van der Waals surface area (Å²) in [5.41, 5.74) is 2.25. The van der Waals surface area contributed by atoms with Crippen molar-refractivity contribution in [1.82, 2.24) is 15.5 Å². The van der Waals surface area contributed by atoms with Crippen LogP contribution in [0.15, 0.2) is 59.6 Å². The summed E-state index contributed by atoms with van der Waals surface area (Å²) in [5.74, 6) is 1.92. The van der Waals surface area contributed by atoms with E-state index in [9.17, 15) is 4.79 Å². The monoisotopic (exact) mass is 536 g/mol. The molecule has 0 aromatic heterocycles. The fourth-order valence-electron chi connectivity index (χ4n) is 3.40. The topological polar surface area (TPSA) is 66.0 Å². The van der Waals surface area contributed by atoms with E-state index in [4.69, 9.17) is 4.74 Å². The van der Waals surface area contributed by atoms with E-state index in [0.717, 1.165) is 61.9 Å². The number of hydrogen-bond donors (Lipinski definition) is 2. The Morgan fingerprint density at radius 1 is 1.10 bits per heavy atom. The number of benzene rings is 2. The smallest absolute Gasteiger partial charge is 0.222 e. The third kappa shape index (κ3) is 8.77. The van der Waals surface area contributed by atoms with Crippen molar-refractivity contribution in [2.75, 3.05) is 26.2 Å². The molecule has 2 aromatic rings. The van der Waals surface area contributed by atoms with Gasteiger partial charge in [-0.25, -0.2) is 4.99 Å². The van der Waals surface area contributed by atoms with Crippen LogP contribution >= 0.6 is 24.0 Å². The number of rotatable bonds is 10. The van der Waals surface area contributed by atoms with Crippen molar-refractivity contribution >= 4 is 35.8 Å². The molecule has 1 saturated heterocycles. The second-order valence-electron chi connectivity index (χ2n) is 7.38. The van der Waals surface area contributed by atoms with Gasteiger partial charge in [-0.1, -0.05) is 42.5 Å². The fourth-order valence-corrected chi connectivity index (χ4v) is 3.40. The van der Waals surface area contributed by atoms with Gasteiger partial charge in [-0.2, -0.15) is 0 Å². The standard InChI is InChI=1S/C24H32N4O2.HI/c1-2-25-24(26-14-8-16-28-15-7-13-23(28)29)27-18-21-11-6-12-22(17-21)30-19-20-9-4-3-5-10-20;/h3-6,9-12,17H,2,7-8,13-16,18-19H2,1H3,(H2,25,26,27);1H. The second kappa shape index (κ2) is 13.9. The molecule has 168 valence electrons. The van der Waals surface area contributed by atoms with Crippen LogP contribution in [-0.4, -0.2) is 42.9 Å². The maximum absolute atomic E-state index is 11.7. The third-order valence-electron chi connectivity index (χ3n) is 4.98. The van der Waals surface area contributed by atoms with Crippen molar-refractivity contribution in [2.45, 2.75) is 39.3 Å². The summed E-state index contributed by atoms with van der Waals surface area (Å²) in [4.78, 5) is 18.3. The molecule has 0 aliphatic carbocycles. The Kier molecular flexibility index (Phi) is 11.2. The van der Waals surface area contributed by atoms with E-state index in [2.05, 4.69) is 40.7 Å². The molecule has 0 atom stereocenters. The minimum Gasteiger partial charge on any atom is -0.489 e. The highest BCUT2D eigenvalue weighted by molar-refractivity contribution is 14.0. The van der Waals surface area contributed by atoms with Crippen LogP contribution in [0.3, 0.4) is 0 Å². The average molecular weight is 536 g/mol. The first-order valence-corrected chi connectivity index (χ1v) is 10.8. The van der Waals surface area contributed by atoms with Gasteiger partial charge in [0.25, 0.3) is 0 Å². The summed E-state index contributed by atoms with van der Waals surface area (Å²) in [6.45, 7) is 6.48. The van der Waals surface area contributed by atoms with E-state index in [1.807, 2.05) is 41.3 Å². The molecule has 31 heavy (non-hydrogen) atoms. The lowest BCUT2D eigenvalue weighted by atomic mass is 10.2. The van der Waals surface area contributed by atoms with Crippen LogP contribution in [0.5, 0.6) is 5.75 Å². The van der Waals surface area contributed by atoms with Crippen molar-refractivity contribution in [3.05, 3.63) is 65.7 Å². The maximum Gasteiger partial charge on any atom is 0.222 e. The predicted molar refractivity (Wildman–Crippen MR) is 136 cm³/mol. The molecule has 0 unspecified atom stereocenters. The van der Waals surface area contributed by atoms with Gasteiger partial charge in [0.05, 0.1) is 6.54 Å². The van der Waals surface area contributed by atoms with Crippen LogP contribution in [0.4, 0.5) is 0 Å². The van der Waals surface area contributed by atoms with Gasteiger partial charge in [-0.15, -0.1) is 24.0 Å². The van der Waals surface area contributed by atoms with Gasteiger partial charge in [0.1, 0.15) is 12.4 Å². The van der Waals surface area contributed by atoms with E-state index in [0.29, 0.717) is 19.6 Å². The van der Waals surface area contributed by atoms with Crippen molar-refractivity contribution < 1.29 is 9.53 Å². The molecule has 1 heterocycles. The summed E-state index contributed by atoms with van der Waals surface area (Å²) < 4.78 is 5.91. The lowest BCUT2D eigenvalue weighted by Gasteiger charge is -2.16. The Morgan fingerprint density at radius 3 is 2.65 bits per heavy atom. The molecule has 1 aliphatic heterocycles. The first kappa shape index (κ1) is 25.0. The van der Waals surface area contributed by atoms with Crippen molar-refractivity contribution in [3.8, 4) is 5.75 Å². The lowest BCUT2D eigenvalue weighted by molar-refractivity contribution is -0.127. The van der Waals surface area contributed by atoms with Gasteiger partial charge in [0.15, 0.2) is 5.96 Å². The van der Waals surface area contributed by atoms with Crippen molar-refractivity contribution in [1.29, 1.82) is 0 Å². The summed E-state index contributed by atoms with van der Waals surface area (Å²) in [6, 6.07) is 18.2. The number of carbonyl (C=O) groups excluding carboxylic acids is 1. The van der Waals surface area contributed by atoms with Crippen molar-refractivity contribution in [2.24, 2.45) is 4.99 Å². The van der Waals surface area contributed by atoms with E-state index >= 15 is 0 Å². The number of hydrogen-bond acceptors (Lipinski definition) is 3. The highest BCUT2D eigenvalue weighted by atomic mass is 127. The molecular formula is C24H33IN4O2. The van der Waals surface area contributed by atoms with Gasteiger partial charge in [-0.3, -0.25) is 4.79 Å². The largest absolute Gasteiger partial charge is 0.489 e. The van der Waals surface area contributed by atoms with Crippen LogP contribution < -0.4 is 15.4 Å². The van der Waals surface area contributed by atoms with E-state index in [-0.39, 0.29) is 29.9 Å². The van der Waals surface area contributed by atoms with Crippen LogP contribution in [0, 0.1) is 0 Å². The number of nitrogens with zero attached hydrogens (tertiary/aromatic N) is 2. The highest BCUT2D eigenvalue weighted by Gasteiger charge is 2.18. The number of ether oxygens (including phenoxy) is 1. The Hall–Kier alpha value is -2.29. The first-order chi connectivity index (χ1) is 14.7. The number of carbonyl (C=O) groups is 1. The predicted octanol–water partition coefficient (Wildman–Crippen LogP) is 3.95. The third-order valence-corrected chi connectivity index (χ3v) is 4.98. The molecule has 3 rings (SSSR count). The van der Waals surface area contributed by atoms with Gasteiger partial charge < -0.3 is 20.3 Å². The number of guanidine groups is 1. The SMILES string of the molecule is CCNC(=NCc1cccc(OCc2ccccc2)c1)NCCCN1CCCC1=O.I. The Morgan fingerprint density at radius 2 is 1.90 bits per heavy atom. The Balaban J connectivity index is 0.00000341. The lowest BCUT2D eigenvalue weighted by Crippen LogP contribution is -2.39. The van der Waals surface area contributed by atoms with Gasteiger partial charge in [0.2, 0.25) is 5.91 Å². The molecule has 0 saturated carbocycles. The molecule has 1 fully saturated rings. The number of aliphatic imine (C=N–C) groups is 1. The molecule has 7 heteroatoms. The minimum atomic E-state index is 0. The number of halogens is 1. The summed E-state index contributed by atoms with van der Waals surface area (Å²) in [7, 11) is 0. The molecule has 0 bridgehead atoms. The van der Waals surface area contributed by atoms with E-state index < -0.39 is 0 Å². The fraction of sp³-hybridized carbons (Fsp3) is 0.417. The van der Waals surface area contributed by atoms with Crippen LogP contribution in [0.1, 0.15) is 37.3 Å². The number of amides is 1. The van der Waals surface area contributed by atoms with E-state index in [1.54, 1.807) is 0 Å². The summed E-state index contributed by atoms with van der Waals surface area (Å²) in [5, 5.41) is 6.64. The quantitative estimate of drug-likeness (QED) is 0.209. The normalized spacial score (nSPS) is 13.6. The van der Waals surface area contributed by atoms with Crippen molar-refractivity contribution in [3.63, 3.8) is 0 Å². The molecule has 1 aliphatic rings. The average Bonchev–Trinajstić information content (AvgIpc) is 3.19. The summed E-state index contributed by atoms with van der Waals surface area (Å²) in [6.07, 6.45) is 2.61. The number of likely N-dealkylation sites (tertiary alicyclic amines) is 1. The first-order valence-electron chi connectivity index (χ1n) is 10.8. The number of nitrogens with one attached hydrogen (secondary N) is 2. The molecule has 0 radical (unpaired) electrons. The highest BCUT2D eigenvalue weighted by Crippen LogP contribution is 2.16. The molecule has 6 nitrogen and oxygen atoms in total.